The van der Waals surface area contributed by atoms with E-state index in [0.717, 1.165) is 5.01 Å². The molecule has 3 nitrogen and oxygen atoms in total. The Kier molecular flexibility index (Phi) is 3.94. The minimum atomic E-state index is -4.28. The Morgan fingerprint density at radius 2 is 1.82 bits per heavy atom. The highest BCUT2D eigenvalue weighted by molar-refractivity contribution is 5.57. The van der Waals surface area contributed by atoms with Crippen molar-refractivity contribution in [1.82, 2.24) is 9.91 Å². The highest BCUT2D eigenvalue weighted by Crippen LogP contribution is 2.32. The maximum atomic E-state index is 13.0. The molecule has 1 aliphatic rings. The van der Waals surface area contributed by atoms with Crippen molar-refractivity contribution >= 4 is 6.34 Å². The number of hydrogen-bond acceptors (Lipinski definition) is 3. The van der Waals surface area contributed by atoms with Crippen LogP contribution in [0.1, 0.15) is 34.1 Å². The van der Waals surface area contributed by atoms with Crippen LogP contribution in [0.3, 0.4) is 0 Å². The molecule has 17 heavy (non-hydrogen) atoms. The first-order valence-corrected chi connectivity index (χ1v) is 5.78. The first-order valence-electron chi connectivity index (χ1n) is 5.78. The molecule has 0 N–H and O–H groups in total. The van der Waals surface area contributed by atoms with Gasteiger partial charge < -0.3 is 4.90 Å². The van der Waals surface area contributed by atoms with Crippen molar-refractivity contribution in [2.75, 3.05) is 13.1 Å². The molecule has 1 heterocycles. The molecule has 0 amide bonds. The van der Waals surface area contributed by atoms with E-state index in [2.05, 4.69) is 5.10 Å². The molecule has 0 aromatic rings. The first kappa shape index (κ1) is 14.1. The van der Waals surface area contributed by atoms with Gasteiger partial charge in [0.15, 0.2) is 0 Å². The van der Waals surface area contributed by atoms with E-state index in [1.165, 1.54) is 11.2 Å². The van der Waals surface area contributed by atoms with Crippen LogP contribution in [0.15, 0.2) is 5.10 Å². The maximum absolute atomic E-state index is 13.0. The molecule has 0 fully saturated rings. The van der Waals surface area contributed by atoms with Gasteiger partial charge in [0.25, 0.3) is 0 Å². The summed E-state index contributed by atoms with van der Waals surface area (Å²) < 4.78 is 39.0. The van der Waals surface area contributed by atoms with Crippen LogP contribution in [0.5, 0.6) is 0 Å². The first-order chi connectivity index (χ1) is 7.65. The molecular formula is C11H20F3N3. The smallest absolute Gasteiger partial charge is 0.331 e. The summed E-state index contributed by atoms with van der Waals surface area (Å²) in [5.74, 6) is 0. The van der Waals surface area contributed by atoms with Gasteiger partial charge >= 0.3 is 6.18 Å². The zero-order chi connectivity index (χ0) is 13.3. The normalized spacial score (nSPS) is 21.5. The quantitative estimate of drug-likeness (QED) is 0.768. The van der Waals surface area contributed by atoms with Crippen LogP contribution in [0.2, 0.25) is 0 Å². The summed E-state index contributed by atoms with van der Waals surface area (Å²) in [6.07, 6.45) is -3.94. The molecule has 1 aliphatic heterocycles. The van der Waals surface area contributed by atoms with E-state index in [1.807, 2.05) is 27.7 Å². The van der Waals surface area contributed by atoms with Crippen molar-refractivity contribution in [1.29, 1.82) is 0 Å². The fraction of sp³-hybridized carbons (Fsp3) is 0.909. The molecule has 1 atom stereocenters. The number of hydrogen-bond donors (Lipinski definition) is 0. The lowest BCUT2D eigenvalue weighted by atomic mass is 9.96. The molecule has 0 spiro atoms. The van der Waals surface area contributed by atoms with Gasteiger partial charge in [-0.1, -0.05) is 27.7 Å². The summed E-state index contributed by atoms with van der Waals surface area (Å²) in [5, 5.41) is 4.97. The number of nitrogens with zero attached hydrogens (tertiary/aromatic N) is 3. The molecule has 0 radical (unpaired) electrons. The van der Waals surface area contributed by atoms with Gasteiger partial charge in [-0.3, -0.25) is 5.01 Å². The lowest BCUT2D eigenvalue weighted by molar-refractivity contribution is -0.209. The van der Waals surface area contributed by atoms with Gasteiger partial charge in [-0.25, -0.2) is 0 Å². The van der Waals surface area contributed by atoms with Crippen LogP contribution in [0.25, 0.3) is 0 Å². The molecule has 0 saturated heterocycles. The summed E-state index contributed by atoms with van der Waals surface area (Å²) in [7, 11) is 0. The summed E-state index contributed by atoms with van der Waals surface area (Å²) in [6, 6.07) is 0. The molecule has 1 rings (SSSR count). The molecule has 0 aliphatic carbocycles. The zero-order valence-electron chi connectivity index (χ0n) is 10.8. The minimum Gasteiger partial charge on any atom is -0.331 e. The largest absolute Gasteiger partial charge is 0.429 e. The van der Waals surface area contributed by atoms with Crippen molar-refractivity contribution in [3.63, 3.8) is 0 Å². The summed E-state index contributed by atoms with van der Waals surface area (Å²) >= 11 is 0. The maximum Gasteiger partial charge on any atom is 0.429 e. The number of halogens is 3. The third-order valence-corrected chi connectivity index (χ3v) is 2.35. The van der Waals surface area contributed by atoms with E-state index >= 15 is 0 Å². The second kappa shape index (κ2) is 4.74. The molecule has 0 aromatic carbocycles. The van der Waals surface area contributed by atoms with Crippen molar-refractivity contribution < 1.29 is 13.2 Å². The predicted molar refractivity (Wildman–Crippen MR) is 61.5 cm³/mol. The van der Waals surface area contributed by atoms with E-state index in [1.54, 1.807) is 0 Å². The molecular weight excluding hydrogens is 231 g/mol. The summed E-state index contributed by atoms with van der Waals surface area (Å²) in [6.45, 7) is 8.24. The van der Waals surface area contributed by atoms with Gasteiger partial charge in [-0.05, 0) is 11.8 Å². The minimum absolute atomic E-state index is 0.197. The Hall–Kier alpha value is -0.940. The van der Waals surface area contributed by atoms with Crippen molar-refractivity contribution in [3.8, 4) is 0 Å². The summed E-state index contributed by atoms with van der Waals surface area (Å²) in [4.78, 5) is 1.27. The van der Waals surface area contributed by atoms with Gasteiger partial charge in [0.05, 0.1) is 0 Å². The highest BCUT2D eigenvalue weighted by atomic mass is 19.4. The van der Waals surface area contributed by atoms with E-state index in [-0.39, 0.29) is 5.41 Å². The Labute approximate surface area is 100 Å². The molecule has 1 unspecified atom stereocenters. The number of hydrazone groups is 1. The second-order valence-electron chi connectivity index (χ2n) is 5.54. The van der Waals surface area contributed by atoms with Crippen molar-refractivity contribution in [2.45, 2.75) is 46.5 Å². The molecule has 0 aromatic heterocycles. The van der Waals surface area contributed by atoms with Crippen LogP contribution >= 0.6 is 0 Å². The van der Waals surface area contributed by atoms with Crippen molar-refractivity contribution in [2.24, 2.45) is 10.5 Å². The second-order valence-corrected chi connectivity index (χ2v) is 5.54. The third-order valence-electron chi connectivity index (χ3n) is 2.35. The fourth-order valence-corrected chi connectivity index (χ4v) is 1.87. The molecule has 100 valence electrons. The summed E-state index contributed by atoms with van der Waals surface area (Å²) in [5.41, 5.74) is -0.197. The van der Waals surface area contributed by atoms with E-state index in [9.17, 15) is 13.2 Å². The van der Waals surface area contributed by atoms with Crippen molar-refractivity contribution in [3.05, 3.63) is 0 Å². The molecule has 6 heteroatoms. The van der Waals surface area contributed by atoms with Crippen LogP contribution in [-0.4, -0.2) is 41.7 Å². The Morgan fingerprint density at radius 3 is 2.24 bits per heavy atom. The molecule has 0 saturated carbocycles. The number of alkyl halides is 3. The average Bonchev–Trinajstić information content (AvgIpc) is 2.44. The van der Waals surface area contributed by atoms with Gasteiger partial charge in [0, 0.05) is 13.1 Å². The zero-order valence-corrected chi connectivity index (χ0v) is 10.8. The monoisotopic (exact) mass is 251 g/mol. The molecule has 0 bridgehead atoms. The predicted octanol–water partition coefficient (Wildman–Crippen LogP) is 2.89. The van der Waals surface area contributed by atoms with Crippen LogP contribution in [0.4, 0.5) is 13.2 Å². The van der Waals surface area contributed by atoms with Gasteiger partial charge in [-0.15, -0.1) is 0 Å². The Morgan fingerprint density at radius 1 is 1.24 bits per heavy atom. The van der Waals surface area contributed by atoms with Crippen LogP contribution in [0, 0.1) is 5.41 Å². The van der Waals surface area contributed by atoms with Crippen LogP contribution < -0.4 is 0 Å². The highest BCUT2D eigenvalue weighted by Gasteiger charge is 2.49. The topological polar surface area (TPSA) is 18.8 Å². The van der Waals surface area contributed by atoms with E-state index < -0.39 is 12.3 Å². The average molecular weight is 251 g/mol. The lowest BCUT2D eigenvalue weighted by Crippen LogP contribution is -2.52. The van der Waals surface area contributed by atoms with Crippen LogP contribution in [-0.2, 0) is 0 Å². The number of rotatable bonds is 3. The Bertz CT molecular complexity index is 281. The Balaban J connectivity index is 2.81. The third kappa shape index (κ3) is 3.78. The van der Waals surface area contributed by atoms with E-state index in [4.69, 9.17) is 0 Å². The fourth-order valence-electron chi connectivity index (χ4n) is 1.87. The van der Waals surface area contributed by atoms with Gasteiger partial charge in [0.1, 0.15) is 6.34 Å². The van der Waals surface area contributed by atoms with E-state index in [0.29, 0.717) is 19.5 Å². The van der Waals surface area contributed by atoms with Gasteiger partial charge in [-0.2, -0.15) is 18.3 Å². The standard InChI is InChI=1S/C11H20F3N3/c1-5-6-17-9(11(12,13)14)16(8-15-17)7-10(2,3)4/h8-9H,5-7H2,1-4H3. The van der Waals surface area contributed by atoms with Gasteiger partial charge in [0.2, 0.25) is 6.17 Å². The SMILES string of the molecule is CCCN1N=CN(CC(C)(C)C)C1C(F)(F)F. The lowest BCUT2D eigenvalue weighted by Gasteiger charge is -2.35.